The van der Waals surface area contributed by atoms with Crippen LogP contribution in [0.3, 0.4) is 0 Å². The lowest BCUT2D eigenvalue weighted by molar-refractivity contribution is -0.132. The van der Waals surface area contributed by atoms with Gasteiger partial charge in [-0.2, -0.15) is 0 Å². The van der Waals surface area contributed by atoms with Crippen molar-refractivity contribution >= 4 is 5.97 Å². The number of carboxylic acid groups (broad SMARTS) is 1. The van der Waals surface area contributed by atoms with Gasteiger partial charge in [0.15, 0.2) is 0 Å². The molecule has 19 heavy (non-hydrogen) atoms. The van der Waals surface area contributed by atoms with Crippen LogP contribution in [0.25, 0.3) is 0 Å². The van der Waals surface area contributed by atoms with E-state index in [9.17, 15) is 4.79 Å². The minimum Gasteiger partial charge on any atom is -0.478 e. The largest absolute Gasteiger partial charge is 0.478 e. The minimum atomic E-state index is -0.893. The van der Waals surface area contributed by atoms with Crippen LogP contribution in [-0.2, 0) is 11.2 Å². The van der Waals surface area contributed by atoms with Crippen molar-refractivity contribution < 1.29 is 9.90 Å². The lowest BCUT2D eigenvalue weighted by atomic mass is 9.86. The van der Waals surface area contributed by atoms with Crippen LogP contribution in [0.15, 0.2) is 36.4 Å². The Kier molecular flexibility index (Phi) is 4.78. The number of carboxylic acids is 1. The molecule has 0 aromatic heterocycles. The topological polar surface area (TPSA) is 37.3 Å². The fraction of sp³-hybridized carbons (Fsp3) is 0.471. The van der Waals surface area contributed by atoms with Gasteiger partial charge in [0.2, 0.25) is 0 Å². The van der Waals surface area contributed by atoms with Gasteiger partial charge in [-0.3, -0.25) is 0 Å². The number of aliphatic carboxylic acids is 1. The number of benzene rings is 1. The zero-order valence-electron chi connectivity index (χ0n) is 11.4. The molecule has 0 aliphatic heterocycles. The maximum Gasteiger partial charge on any atom is 0.331 e. The van der Waals surface area contributed by atoms with Crippen LogP contribution < -0.4 is 0 Å². The van der Waals surface area contributed by atoms with Crippen molar-refractivity contribution in [1.82, 2.24) is 0 Å². The summed E-state index contributed by atoms with van der Waals surface area (Å²) in [5.41, 5.74) is 2.76. The fourth-order valence-corrected chi connectivity index (χ4v) is 2.99. The molecule has 2 rings (SSSR count). The average molecular weight is 258 g/mol. The second-order valence-electron chi connectivity index (χ2n) is 5.47. The molecular weight excluding hydrogens is 236 g/mol. The predicted octanol–water partition coefficient (Wildman–Crippen LogP) is 4.31. The molecule has 0 heterocycles. The van der Waals surface area contributed by atoms with Crippen LogP contribution >= 0.6 is 0 Å². The molecule has 2 heteroatoms. The highest BCUT2D eigenvalue weighted by atomic mass is 16.4. The average Bonchev–Trinajstić information content (AvgIpc) is 2.68. The third kappa shape index (κ3) is 3.69. The molecule has 0 amide bonds. The van der Waals surface area contributed by atoms with Crippen molar-refractivity contribution in [3.63, 3.8) is 0 Å². The van der Waals surface area contributed by atoms with Crippen molar-refractivity contribution in [3.8, 4) is 0 Å². The van der Waals surface area contributed by atoms with Crippen LogP contribution in [0.2, 0.25) is 0 Å². The second kappa shape index (κ2) is 6.55. The molecule has 1 aromatic rings. The van der Waals surface area contributed by atoms with Gasteiger partial charge in [0, 0.05) is 12.0 Å². The highest BCUT2D eigenvalue weighted by Gasteiger charge is 2.18. The van der Waals surface area contributed by atoms with Crippen LogP contribution in [0.5, 0.6) is 0 Å². The lowest BCUT2D eigenvalue weighted by Crippen LogP contribution is -2.07. The number of carbonyl (C=O) groups is 1. The van der Waals surface area contributed by atoms with Crippen molar-refractivity contribution in [2.75, 3.05) is 0 Å². The van der Waals surface area contributed by atoms with Gasteiger partial charge in [-0.15, -0.1) is 0 Å². The van der Waals surface area contributed by atoms with E-state index >= 15 is 0 Å². The number of hydrogen-bond donors (Lipinski definition) is 1. The second-order valence-corrected chi connectivity index (χ2v) is 5.47. The highest BCUT2D eigenvalue weighted by Crippen LogP contribution is 2.34. The van der Waals surface area contributed by atoms with Crippen molar-refractivity contribution in [2.45, 2.75) is 50.9 Å². The Balaban J connectivity index is 2.19. The standard InChI is InChI=1S/C17H22O2/c1-13(17(18)19)12-15-10-6-7-11-16(15)14-8-4-2-3-5-9-14/h6-7,10-11,14H,1-5,8-9,12H2,(H,18,19). The molecule has 0 spiro atoms. The van der Waals surface area contributed by atoms with Crippen LogP contribution in [0.1, 0.15) is 55.6 Å². The Hall–Kier alpha value is -1.57. The Morgan fingerprint density at radius 2 is 1.79 bits per heavy atom. The number of rotatable bonds is 4. The minimum absolute atomic E-state index is 0.279. The van der Waals surface area contributed by atoms with E-state index in [-0.39, 0.29) is 5.57 Å². The van der Waals surface area contributed by atoms with Gasteiger partial charge in [0.1, 0.15) is 0 Å². The highest BCUT2D eigenvalue weighted by molar-refractivity contribution is 5.86. The zero-order valence-corrected chi connectivity index (χ0v) is 11.4. The monoisotopic (exact) mass is 258 g/mol. The quantitative estimate of drug-likeness (QED) is 0.645. The summed E-state index contributed by atoms with van der Waals surface area (Å²) in [7, 11) is 0. The molecule has 0 bridgehead atoms. The maximum atomic E-state index is 10.9. The molecular formula is C17H22O2. The van der Waals surface area contributed by atoms with Gasteiger partial charge in [0.25, 0.3) is 0 Å². The summed E-state index contributed by atoms with van der Waals surface area (Å²) >= 11 is 0. The van der Waals surface area contributed by atoms with E-state index in [1.165, 1.54) is 44.1 Å². The first kappa shape index (κ1) is 13.9. The Labute approximate surface area is 115 Å². The first-order chi connectivity index (χ1) is 9.18. The van der Waals surface area contributed by atoms with Crippen LogP contribution in [0, 0.1) is 0 Å². The normalized spacial score (nSPS) is 16.8. The van der Waals surface area contributed by atoms with E-state index in [0.29, 0.717) is 12.3 Å². The summed E-state index contributed by atoms with van der Waals surface area (Å²) in [6.45, 7) is 3.65. The summed E-state index contributed by atoms with van der Waals surface area (Å²) in [6.07, 6.45) is 8.17. The van der Waals surface area contributed by atoms with Gasteiger partial charge in [0.05, 0.1) is 0 Å². The summed E-state index contributed by atoms with van der Waals surface area (Å²) in [5, 5.41) is 8.99. The molecule has 102 valence electrons. The van der Waals surface area contributed by atoms with Crippen LogP contribution in [0.4, 0.5) is 0 Å². The van der Waals surface area contributed by atoms with E-state index in [1.807, 2.05) is 12.1 Å². The van der Waals surface area contributed by atoms with E-state index in [1.54, 1.807) is 0 Å². The molecule has 1 fully saturated rings. The third-order valence-electron chi connectivity index (χ3n) is 4.06. The number of hydrogen-bond acceptors (Lipinski definition) is 1. The van der Waals surface area contributed by atoms with E-state index in [4.69, 9.17) is 5.11 Å². The fourth-order valence-electron chi connectivity index (χ4n) is 2.99. The predicted molar refractivity (Wildman–Crippen MR) is 77.4 cm³/mol. The van der Waals surface area contributed by atoms with Gasteiger partial charge in [-0.05, 0) is 29.9 Å². The van der Waals surface area contributed by atoms with Crippen LogP contribution in [-0.4, -0.2) is 11.1 Å². The summed E-state index contributed by atoms with van der Waals surface area (Å²) < 4.78 is 0. The molecule has 0 saturated heterocycles. The summed E-state index contributed by atoms with van der Waals surface area (Å²) in [4.78, 5) is 10.9. The molecule has 2 nitrogen and oxygen atoms in total. The van der Waals surface area contributed by atoms with E-state index in [2.05, 4.69) is 18.7 Å². The summed E-state index contributed by atoms with van der Waals surface area (Å²) in [6, 6.07) is 8.27. The van der Waals surface area contributed by atoms with Gasteiger partial charge >= 0.3 is 5.97 Å². The Morgan fingerprint density at radius 3 is 2.42 bits per heavy atom. The zero-order chi connectivity index (χ0) is 13.7. The van der Waals surface area contributed by atoms with Gasteiger partial charge < -0.3 is 5.11 Å². The first-order valence-corrected chi connectivity index (χ1v) is 7.17. The van der Waals surface area contributed by atoms with Crippen molar-refractivity contribution in [2.24, 2.45) is 0 Å². The van der Waals surface area contributed by atoms with Gasteiger partial charge in [-0.1, -0.05) is 56.5 Å². The molecule has 1 aromatic carbocycles. The molecule has 0 unspecified atom stereocenters. The summed E-state index contributed by atoms with van der Waals surface area (Å²) in [5.74, 6) is -0.295. The first-order valence-electron chi connectivity index (χ1n) is 7.17. The molecule has 1 N–H and O–H groups in total. The molecule has 0 radical (unpaired) electrons. The van der Waals surface area contributed by atoms with E-state index in [0.717, 1.165) is 5.56 Å². The third-order valence-corrected chi connectivity index (χ3v) is 4.06. The van der Waals surface area contributed by atoms with E-state index < -0.39 is 5.97 Å². The Morgan fingerprint density at radius 1 is 1.16 bits per heavy atom. The smallest absolute Gasteiger partial charge is 0.331 e. The molecule has 1 aliphatic rings. The van der Waals surface area contributed by atoms with Crippen molar-refractivity contribution in [1.29, 1.82) is 0 Å². The lowest BCUT2D eigenvalue weighted by Gasteiger charge is -2.18. The maximum absolute atomic E-state index is 10.9. The molecule has 1 aliphatic carbocycles. The SMILES string of the molecule is C=C(Cc1ccccc1C1CCCCCC1)C(=O)O. The Bertz CT molecular complexity index is 454. The molecule has 1 saturated carbocycles. The van der Waals surface area contributed by atoms with Crippen molar-refractivity contribution in [3.05, 3.63) is 47.5 Å². The molecule has 0 atom stereocenters. The van der Waals surface area contributed by atoms with Gasteiger partial charge in [-0.25, -0.2) is 4.79 Å².